The molecular formula is C26H30N4O3. The maximum atomic E-state index is 12.9. The Morgan fingerprint density at radius 3 is 2.42 bits per heavy atom. The van der Waals surface area contributed by atoms with Gasteiger partial charge in [0.1, 0.15) is 11.5 Å². The maximum Gasteiger partial charge on any atom is 0.321 e. The number of urea groups is 1. The number of hydrogen-bond donors (Lipinski definition) is 1. The first-order valence-electron chi connectivity index (χ1n) is 11.5. The average Bonchev–Trinajstić information content (AvgIpc) is 3.34. The predicted molar refractivity (Wildman–Crippen MR) is 128 cm³/mol. The Morgan fingerprint density at radius 2 is 1.73 bits per heavy atom. The number of benzene rings is 2. The maximum absolute atomic E-state index is 12.9. The number of nitrogens with zero attached hydrogens (tertiary/aromatic N) is 3. The van der Waals surface area contributed by atoms with E-state index in [1.807, 2.05) is 73.8 Å². The molecule has 7 nitrogen and oxygen atoms in total. The number of carbonyl (C=O) groups excluding carboxylic acids is 2. The number of aromatic nitrogens is 1. The van der Waals surface area contributed by atoms with Crippen LogP contribution in [-0.4, -0.2) is 53.6 Å². The van der Waals surface area contributed by atoms with Gasteiger partial charge in [-0.3, -0.25) is 4.79 Å². The van der Waals surface area contributed by atoms with Gasteiger partial charge in [-0.25, -0.2) is 4.79 Å². The lowest BCUT2D eigenvalue weighted by atomic mass is 9.95. The second kappa shape index (κ2) is 10.8. The molecule has 0 saturated carbocycles. The molecule has 33 heavy (non-hydrogen) atoms. The molecule has 0 radical (unpaired) electrons. The second-order valence-corrected chi connectivity index (χ2v) is 8.47. The summed E-state index contributed by atoms with van der Waals surface area (Å²) in [5.74, 6) is 0.943. The molecule has 0 unspecified atom stereocenters. The number of amides is 3. The van der Waals surface area contributed by atoms with Gasteiger partial charge in [-0.1, -0.05) is 53.7 Å². The lowest BCUT2D eigenvalue weighted by Crippen LogP contribution is -2.45. The number of nitrogens with one attached hydrogen (secondary N) is 1. The monoisotopic (exact) mass is 446 g/mol. The minimum absolute atomic E-state index is 0.0364. The topological polar surface area (TPSA) is 78.7 Å². The van der Waals surface area contributed by atoms with Crippen LogP contribution in [0.2, 0.25) is 0 Å². The van der Waals surface area contributed by atoms with Crippen molar-refractivity contribution in [2.45, 2.75) is 25.7 Å². The average molecular weight is 447 g/mol. The molecule has 2 heterocycles. The summed E-state index contributed by atoms with van der Waals surface area (Å²) in [6, 6.07) is 21.2. The number of anilines is 1. The Kier molecular flexibility index (Phi) is 7.40. The Morgan fingerprint density at radius 1 is 1.06 bits per heavy atom. The van der Waals surface area contributed by atoms with Crippen molar-refractivity contribution in [1.29, 1.82) is 0 Å². The van der Waals surface area contributed by atoms with Gasteiger partial charge in [0.2, 0.25) is 5.91 Å². The Labute approximate surface area is 194 Å². The van der Waals surface area contributed by atoms with Crippen molar-refractivity contribution in [2.75, 3.05) is 32.0 Å². The van der Waals surface area contributed by atoms with Crippen molar-refractivity contribution in [1.82, 2.24) is 15.0 Å². The SMILES string of the molecule is CN(CCCc1cc(-c2ccccc2)no1)C(=O)C1CCN(C(=O)Nc2ccccc2)CC1. The first-order chi connectivity index (χ1) is 16.1. The number of rotatable bonds is 7. The number of aryl methyl sites for hydroxylation is 1. The number of likely N-dealkylation sites (tertiary alicyclic amines) is 1. The summed E-state index contributed by atoms with van der Waals surface area (Å²) in [4.78, 5) is 28.9. The first-order valence-corrected chi connectivity index (χ1v) is 11.5. The van der Waals surface area contributed by atoms with E-state index in [1.165, 1.54) is 0 Å². The van der Waals surface area contributed by atoms with Crippen molar-refractivity contribution in [2.24, 2.45) is 5.92 Å². The van der Waals surface area contributed by atoms with E-state index in [4.69, 9.17) is 4.52 Å². The van der Waals surface area contributed by atoms with Gasteiger partial charge in [-0.15, -0.1) is 0 Å². The van der Waals surface area contributed by atoms with Crippen LogP contribution in [0.3, 0.4) is 0 Å². The number of para-hydroxylation sites is 1. The fraction of sp³-hybridized carbons (Fsp3) is 0.346. The van der Waals surface area contributed by atoms with E-state index in [0.29, 0.717) is 32.5 Å². The number of carbonyl (C=O) groups is 2. The van der Waals surface area contributed by atoms with Crippen LogP contribution in [0.1, 0.15) is 25.0 Å². The standard InChI is InChI=1S/C26H30N4O3/c1-29(16-8-13-23-19-24(28-33-23)20-9-4-2-5-10-20)25(31)21-14-17-30(18-15-21)26(32)27-22-11-6-3-7-12-22/h2-7,9-12,19,21H,8,13-18H2,1H3,(H,27,32). The Hall–Kier alpha value is -3.61. The van der Waals surface area contributed by atoms with Crippen LogP contribution in [0.15, 0.2) is 71.3 Å². The molecule has 172 valence electrons. The van der Waals surface area contributed by atoms with Gasteiger partial charge in [0.05, 0.1) is 0 Å². The molecule has 4 rings (SSSR count). The molecule has 0 spiro atoms. The van der Waals surface area contributed by atoms with Crippen LogP contribution in [0.25, 0.3) is 11.3 Å². The third kappa shape index (κ3) is 6.00. The molecule has 0 aliphatic carbocycles. The minimum Gasteiger partial charge on any atom is -0.361 e. The fourth-order valence-electron chi connectivity index (χ4n) is 4.14. The quantitative estimate of drug-likeness (QED) is 0.572. The zero-order chi connectivity index (χ0) is 23.0. The minimum atomic E-state index is -0.109. The molecule has 1 fully saturated rings. The molecule has 3 amide bonds. The molecule has 1 aliphatic heterocycles. The summed E-state index contributed by atoms with van der Waals surface area (Å²) in [6.45, 7) is 1.83. The van der Waals surface area contributed by atoms with Gasteiger partial charge in [0, 0.05) is 56.3 Å². The van der Waals surface area contributed by atoms with E-state index in [1.54, 1.807) is 9.80 Å². The Balaban J connectivity index is 1.18. The smallest absolute Gasteiger partial charge is 0.321 e. The van der Waals surface area contributed by atoms with Crippen LogP contribution >= 0.6 is 0 Å². The predicted octanol–water partition coefficient (Wildman–Crippen LogP) is 4.68. The highest BCUT2D eigenvalue weighted by molar-refractivity contribution is 5.89. The normalized spacial score (nSPS) is 14.2. The lowest BCUT2D eigenvalue weighted by Gasteiger charge is -2.33. The molecular weight excluding hydrogens is 416 g/mol. The van der Waals surface area contributed by atoms with E-state index in [2.05, 4.69) is 10.5 Å². The van der Waals surface area contributed by atoms with Crippen molar-refractivity contribution in [3.8, 4) is 11.3 Å². The van der Waals surface area contributed by atoms with E-state index in [0.717, 1.165) is 35.5 Å². The van der Waals surface area contributed by atoms with Crippen LogP contribution in [0.4, 0.5) is 10.5 Å². The molecule has 7 heteroatoms. The van der Waals surface area contributed by atoms with E-state index in [9.17, 15) is 9.59 Å². The van der Waals surface area contributed by atoms with Crippen molar-refractivity contribution in [3.63, 3.8) is 0 Å². The zero-order valence-corrected chi connectivity index (χ0v) is 18.9. The Bertz CT molecular complexity index is 1040. The van der Waals surface area contributed by atoms with Crippen molar-refractivity contribution in [3.05, 3.63) is 72.5 Å². The summed E-state index contributed by atoms with van der Waals surface area (Å²) in [7, 11) is 1.85. The molecule has 1 aromatic heterocycles. The number of hydrogen-bond acceptors (Lipinski definition) is 4. The summed E-state index contributed by atoms with van der Waals surface area (Å²) >= 11 is 0. The third-order valence-electron chi connectivity index (χ3n) is 6.08. The summed E-state index contributed by atoms with van der Waals surface area (Å²) in [6.07, 6.45) is 2.92. The van der Waals surface area contributed by atoms with Gasteiger partial charge in [-0.2, -0.15) is 0 Å². The third-order valence-corrected chi connectivity index (χ3v) is 6.08. The second-order valence-electron chi connectivity index (χ2n) is 8.47. The highest BCUT2D eigenvalue weighted by Crippen LogP contribution is 2.22. The largest absolute Gasteiger partial charge is 0.361 e. The first kappa shape index (κ1) is 22.6. The fourth-order valence-corrected chi connectivity index (χ4v) is 4.14. The van der Waals surface area contributed by atoms with E-state index in [-0.39, 0.29) is 17.9 Å². The van der Waals surface area contributed by atoms with Gasteiger partial charge < -0.3 is 19.6 Å². The van der Waals surface area contributed by atoms with E-state index >= 15 is 0 Å². The van der Waals surface area contributed by atoms with Gasteiger partial charge in [-0.05, 0) is 31.4 Å². The van der Waals surface area contributed by atoms with Crippen molar-refractivity contribution >= 4 is 17.6 Å². The number of piperidine rings is 1. The molecule has 3 aromatic rings. The zero-order valence-electron chi connectivity index (χ0n) is 18.9. The molecule has 1 N–H and O–H groups in total. The summed E-state index contributed by atoms with van der Waals surface area (Å²) < 4.78 is 5.46. The van der Waals surface area contributed by atoms with E-state index < -0.39 is 0 Å². The van der Waals surface area contributed by atoms with Crippen LogP contribution in [0.5, 0.6) is 0 Å². The molecule has 1 saturated heterocycles. The highest BCUT2D eigenvalue weighted by Gasteiger charge is 2.29. The van der Waals surface area contributed by atoms with Gasteiger partial charge in [0.15, 0.2) is 0 Å². The van der Waals surface area contributed by atoms with Crippen LogP contribution < -0.4 is 5.32 Å². The summed E-state index contributed by atoms with van der Waals surface area (Å²) in [5, 5.41) is 7.06. The summed E-state index contributed by atoms with van der Waals surface area (Å²) in [5.41, 5.74) is 2.64. The van der Waals surface area contributed by atoms with Crippen LogP contribution in [0, 0.1) is 5.92 Å². The van der Waals surface area contributed by atoms with Crippen molar-refractivity contribution < 1.29 is 14.1 Å². The highest BCUT2D eigenvalue weighted by atomic mass is 16.5. The van der Waals surface area contributed by atoms with Gasteiger partial charge >= 0.3 is 6.03 Å². The lowest BCUT2D eigenvalue weighted by molar-refractivity contribution is -0.135. The molecule has 0 bridgehead atoms. The molecule has 1 aliphatic rings. The van der Waals surface area contributed by atoms with Gasteiger partial charge in [0.25, 0.3) is 0 Å². The molecule has 0 atom stereocenters. The molecule has 2 aromatic carbocycles. The van der Waals surface area contributed by atoms with Crippen LogP contribution in [-0.2, 0) is 11.2 Å².